The third-order valence-corrected chi connectivity index (χ3v) is 4.60. The van der Waals surface area contributed by atoms with Gasteiger partial charge in [-0.3, -0.25) is 18.5 Å². The van der Waals surface area contributed by atoms with Gasteiger partial charge in [-0.15, -0.1) is 0 Å². The van der Waals surface area contributed by atoms with Gasteiger partial charge in [0.25, 0.3) is 5.56 Å². The molecule has 32 heavy (non-hydrogen) atoms. The number of aliphatic hydroxyl groups excluding tert-OH is 1. The molecule has 0 unspecified atom stereocenters. The summed E-state index contributed by atoms with van der Waals surface area (Å²) in [5, 5.41) is 9.11. The summed E-state index contributed by atoms with van der Waals surface area (Å²) < 4.78 is 40.7. The molecule has 0 saturated heterocycles. The lowest BCUT2D eigenvalue weighted by Crippen LogP contribution is -2.40. The predicted molar refractivity (Wildman–Crippen MR) is 114 cm³/mol. The molecule has 3 rings (SSSR count). The van der Waals surface area contributed by atoms with Crippen LogP contribution in [0.5, 0.6) is 17.5 Å². The third-order valence-electron chi connectivity index (χ3n) is 4.60. The summed E-state index contributed by atoms with van der Waals surface area (Å²) >= 11 is 0. The van der Waals surface area contributed by atoms with Gasteiger partial charge in [0.15, 0.2) is 11.2 Å². The monoisotopic (exact) mass is 452 g/mol. The van der Waals surface area contributed by atoms with Crippen molar-refractivity contribution in [2.45, 2.75) is 46.4 Å². The van der Waals surface area contributed by atoms with Gasteiger partial charge in [0.05, 0.1) is 0 Å². The molecule has 0 aliphatic heterocycles. The Hall–Kier alpha value is -3.21. The molecule has 3 aromatic rings. The molecule has 2 aromatic heterocycles. The van der Waals surface area contributed by atoms with Gasteiger partial charge in [0.1, 0.15) is 11.5 Å². The number of alkyl halides is 2. The van der Waals surface area contributed by atoms with Gasteiger partial charge in [-0.2, -0.15) is 13.8 Å². The first-order valence-electron chi connectivity index (χ1n) is 10.2. The maximum atomic E-state index is 13.2. The standard InChI is InChI=1S/C21H26F2N4O5/c1-13(2)12-27-16-17(25(4)20(30)26(18(16)29)9-6-10-28)24-19(27)31-14-7-5-8-15(11-14)32-21(3,22)23/h5,7-8,11,13,28H,6,9-10,12H2,1-4H3. The lowest BCUT2D eigenvalue weighted by molar-refractivity contribution is -0.159. The maximum absolute atomic E-state index is 13.2. The fourth-order valence-electron chi connectivity index (χ4n) is 3.30. The van der Waals surface area contributed by atoms with E-state index in [4.69, 9.17) is 9.84 Å². The number of aliphatic hydroxyl groups is 1. The zero-order valence-electron chi connectivity index (χ0n) is 18.3. The van der Waals surface area contributed by atoms with Gasteiger partial charge in [-0.1, -0.05) is 19.9 Å². The number of ether oxygens (including phenoxy) is 2. The lowest BCUT2D eigenvalue weighted by atomic mass is 10.2. The molecular weight excluding hydrogens is 426 g/mol. The van der Waals surface area contributed by atoms with E-state index in [0.29, 0.717) is 13.5 Å². The maximum Gasteiger partial charge on any atom is 0.394 e. The van der Waals surface area contributed by atoms with Crippen LogP contribution < -0.4 is 20.7 Å². The van der Waals surface area contributed by atoms with Crippen LogP contribution >= 0.6 is 0 Å². The minimum Gasteiger partial charge on any atom is -0.433 e. The molecule has 9 nitrogen and oxygen atoms in total. The number of imidazole rings is 1. The molecular formula is C21H26F2N4O5. The number of aryl methyl sites for hydroxylation is 1. The zero-order chi connectivity index (χ0) is 23.6. The fraction of sp³-hybridized carbons (Fsp3) is 0.476. The summed E-state index contributed by atoms with van der Waals surface area (Å²) in [4.78, 5) is 30.1. The summed E-state index contributed by atoms with van der Waals surface area (Å²) in [7, 11) is 1.49. The molecule has 1 aromatic carbocycles. The number of aromatic nitrogens is 4. The van der Waals surface area contributed by atoms with Crippen molar-refractivity contribution in [3.8, 4) is 17.5 Å². The third kappa shape index (κ3) is 4.98. The summed E-state index contributed by atoms with van der Waals surface area (Å²) in [6.07, 6.45) is -3.11. The first kappa shape index (κ1) is 23.5. The number of rotatable bonds is 9. The summed E-state index contributed by atoms with van der Waals surface area (Å²) in [5.74, 6) is 0.184. The molecule has 0 spiro atoms. The van der Waals surface area contributed by atoms with Gasteiger partial charge >= 0.3 is 17.8 Å². The predicted octanol–water partition coefficient (Wildman–Crippen LogP) is 2.72. The Labute approximate surface area is 182 Å². The number of hydrogen-bond acceptors (Lipinski definition) is 6. The molecule has 174 valence electrons. The Bertz CT molecular complexity index is 1220. The smallest absolute Gasteiger partial charge is 0.394 e. The molecule has 0 amide bonds. The lowest BCUT2D eigenvalue weighted by Gasteiger charge is -2.15. The van der Waals surface area contributed by atoms with Crippen molar-refractivity contribution < 1.29 is 23.4 Å². The van der Waals surface area contributed by atoms with E-state index < -0.39 is 17.4 Å². The Kier molecular flexibility index (Phi) is 6.68. The fourth-order valence-corrected chi connectivity index (χ4v) is 3.30. The van der Waals surface area contributed by atoms with Gasteiger partial charge in [-0.05, 0) is 24.5 Å². The van der Waals surface area contributed by atoms with E-state index in [1.165, 1.54) is 35.9 Å². The van der Waals surface area contributed by atoms with Gasteiger partial charge in [-0.25, -0.2) is 4.79 Å². The second-order valence-electron chi connectivity index (χ2n) is 7.93. The first-order valence-corrected chi connectivity index (χ1v) is 10.2. The van der Waals surface area contributed by atoms with Crippen LogP contribution in [0.4, 0.5) is 8.78 Å². The Balaban J connectivity index is 2.14. The SMILES string of the molecule is CC(C)Cn1c(Oc2cccc(OC(C)(F)F)c2)nc2c1c(=O)n(CCCO)c(=O)n2C. The second kappa shape index (κ2) is 9.11. The van der Waals surface area contributed by atoms with Gasteiger partial charge in [0, 0.05) is 39.7 Å². The average molecular weight is 452 g/mol. The van der Waals surface area contributed by atoms with Crippen LogP contribution in [-0.4, -0.2) is 36.5 Å². The van der Waals surface area contributed by atoms with Crippen LogP contribution in [0.2, 0.25) is 0 Å². The molecule has 0 atom stereocenters. The number of benzene rings is 1. The van der Waals surface area contributed by atoms with Crippen LogP contribution in [0, 0.1) is 5.92 Å². The molecule has 0 fully saturated rings. The number of nitrogens with zero attached hydrogens (tertiary/aromatic N) is 4. The van der Waals surface area contributed by atoms with E-state index in [-0.39, 0.29) is 54.2 Å². The molecule has 0 radical (unpaired) electrons. The van der Waals surface area contributed by atoms with Crippen LogP contribution in [0.15, 0.2) is 33.9 Å². The highest BCUT2D eigenvalue weighted by Gasteiger charge is 2.24. The van der Waals surface area contributed by atoms with Crippen molar-refractivity contribution in [1.82, 2.24) is 18.7 Å². The Morgan fingerprint density at radius 2 is 1.88 bits per heavy atom. The normalized spacial score (nSPS) is 12.0. The largest absolute Gasteiger partial charge is 0.433 e. The Morgan fingerprint density at radius 1 is 1.19 bits per heavy atom. The minimum atomic E-state index is -3.36. The molecule has 11 heteroatoms. The molecule has 2 heterocycles. The number of fused-ring (bicyclic) bond motifs is 1. The molecule has 0 saturated carbocycles. The van der Waals surface area contributed by atoms with E-state index in [1.54, 1.807) is 4.57 Å². The highest BCUT2D eigenvalue weighted by molar-refractivity contribution is 5.72. The topological polar surface area (TPSA) is 101 Å². The minimum absolute atomic E-state index is 0.0427. The molecule has 1 N–H and O–H groups in total. The average Bonchev–Trinajstić information content (AvgIpc) is 3.03. The van der Waals surface area contributed by atoms with E-state index in [1.807, 2.05) is 13.8 Å². The van der Waals surface area contributed by atoms with Crippen molar-refractivity contribution in [3.63, 3.8) is 0 Å². The zero-order valence-corrected chi connectivity index (χ0v) is 18.3. The Morgan fingerprint density at radius 3 is 2.50 bits per heavy atom. The van der Waals surface area contributed by atoms with E-state index in [2.05, 4.69) is 9.72 Å². The van der Waals surface area contributed by atoms with Crippen LogP contribution in [0.1, 0.15) is 27.2 Å². The van der Waals surface area contributed by atoms with E-state index in [0.717, 1.165) is 4.57 Å². The van der Waals surface area contributed by atoms with Gasteiger partial charge < -0.3 is 14.6 Å². The van der Waals surface area contributed by atoms with Crippen LogP contribution in [0.25, 0.3) is 11.2 Å². The second-order valence-corrected chi connectivity index (χ2v) is 7.93. The van der Waals surface area contributed by atoms with E-state index in [9.17, 15) is 18.4 Å². The van der Waals surface area contributed by atoms with Crippen molar-refractivity contribution in [1.29, 1.82) is 0 Å². The van der Waals surface area contributed by atoms with E-state index >= 15 is 0 Å². The van der Waals surface area contributed by atoms with Crippen molar-refractivity contribution >= 4 is 11.2 Å². The highest BCUT2D eigenvalue weighted by atomic mass is 19.3. The summed E-state index contributed by atoms with van der Waals surface area (Å²) in [6.45, 7) is 4.78. The molecule has 0 aliphatic carbocycles. The van der Waals surface area contributed by atoms with Crippen molar-refractivity contribution in [2.75, 3.05) is 6.61 Å². The summed E-state index contributed by atoms with van der Waals surface area (Å²) in [5.41, 5.74) is -0.774. The number of halogens is 2. The first-order chi connectivity index (χ1) is 15.0. The summed E-state index contributed by atoms with van der Waals surface area (Å²) in [6, 6.07) is 5.72. The van der Waals surface area contributed by atoms with Crippen molar-refractivity contribution in [3.05, 3.63) is 45.1 Å². The highest BCUT2D eigenvalue weighted by Crippen LogP contribution is 2.29. The van der Waals surface area contributed by atoms with Crippen molar-refractivity contribution in [2.24, 2.45) is 13.0 Å². The number of hydrogen-bond donors (Lipinski definition) is 1. The quantitative estimate of drug-likeness (QED) is 0.536. The molecule has 0 aliphatic rings. The molecule has 0 bridgehead atoms. The van der Waals surface area contributed by atoms with Crippen LogP contribution in [-0.2, 0) is 20.1 Å². The van der Waals surface area contributed by atoms with Crippen LogP contribution in [0.3, 0.4) is 0 Å². The van der Waals surface area contributed by atoms with Gasteiger partial charge in [0.2, 0.25) is 0 Å².